The maximum absolute atomic E-state index is 13.5. The zero-order chi connectivity index (χ0) is 63.5. The summed E-state index contributed by atoms with van der Waals surface area (Å²) in [6, 6.07) is 43.8. The lowest BCUT2D eigenvalue weighted by Crippen LogP contribution is -2.51. The van der Waals surface area contributed by atoms with Crippen molar-refractivity contribution in [3.8, 4) is 34.0 Å². The summed E-state index contributed by atoms with van der Waals surface area (Å²) in [6.45, 7) is 18.5. The molecule has 10 aromatic rings. The average molecular weight is 1230 g/mol. The van der Waals surface area contributed by atoms with Crippen molar-refractivity contribution in [2.24, 2.45) is 5.92 Å². The Labute approximate surface area is 537 Å². The molecule has 478 valence electrons. The molecule has 9 aromatic heterocycles. The third-order valence-corrected chi connectivity index (χ3v) is 16.0. The molecule has 3 aliphatic rings. The molecule has 3 aliphatic heterocycles. The average Bonchev–Trinajstić information content (AvgIpc) is 1.80. The maximum atomic E-state index is 13.5. The van der Waals surface area contributed by atoms with Crippen LogP contribution in [-0.2, 0) is 0 Å². The van der Waals surface area contributed by atoms with Crippen LogP contribution in [0.1, 0.15) is 106 Å². The number of benzene rings is 1. The molecule has 0 amide bonds. The molecule has 1 aromatic carbocycles. The Bertz CT molecular complexity index is 4210. The monoisotopic (exact) mass is 1230 g/mol. The first-order valence-electron chi connectivity index (χ1n) is 30.6. The minimum Gasteiger partial charge on any atom is -0.461 e. The highest BCUT2D eigenvalue weighted by atomic mass is 16.3. The Morgan fingerprint density at radius 1 is 0.484 bits per heavy atom. The Morgan fingerprint density at radius 3 is 1.27 bits per heavy atom. The topological polar surface area (TPSA) is 292 Å². The van der Waals surface area contributed by atoms with Crippen molar-refractivity contribution in [1.29, 1.82) is 0 Å². The number of carbonyl (C=O) groups is 3. The van der Waals surface area contributed by atoms with Crippen LogP contribution < -0.4 is 47.9 Å². The lowest BCUT2D eigenvalue weighted by molar-refractivity contribution is 0.102. The first kappa shape index (κ1) is 62.3. The van der Waals surface area contributed by atoms with Gasteiger partial charge in [0.25, 0.3) is 0 Å². The minimum absolute atomic E-state index is 0. The van der Waals surface area contributed by atoms with E-state index in [4.69, 9.17) is 45.4 Å². The molecule has 9 N–H and O–H groups in total. The second-order valence-electron chi connectivity index (χ2n) is 23.1. The van der Waals surface area contributed by atoms with Crippen molar-refractivity contribution in [1.82, 2.24) is 45.9 Å². The molecule has 3 fully saturated rings. The normalized spacial score (nSPS) is 15.7. The van der Waals surface area contributed by atoms with Gasteiger partial charge in [0, 0.05) is 121 Å². The first-order chi connectivity index (χ1) is 44.1. The number of hydrogen-bond donors (Lipinski definition) is 6. The number of pyridine rings is 6. The Balaban J connectivity index is 0.000000256. The highest BCUT2D eigenvalue weighted by Gasteiger charge is 2.29. The van der Waals surface area contributed by atoms with Crippen LogP contribution in [0.25, 0.3) is 34.0 Å². The number of nitrogens with one attached hydrogen (secondary N) is 3. The quantitative estimate of drug-likeness (QED) is 0.0520. The SMILES string of the molecule is Cc1ccc(-c2ccc(N3CCNC(c4ccccc4)C3)nc2C(=O)c2cccnc2N)o1.Cc1ccc(-c2ccc(N3CCNCC3)nc2C(=O)c2cccnc2N)o1.Cc1ccc(-c2ccc(N3CCN[C@@H](CC(C)C)C3)nc2C(=O)c2cccnc2N)o1.[HH].[HH].[HH].[HH].[HH].[HH]. The van der Waals surface area contributed by atoms with E-state index in [0.29, 0.717) is 79.7 Å². The predicted octanol–water partition coefficient (Wildman–Crippen LogP) is 11.4. The third kappa shape index (κ3) is 14.7. The van der Waals surface area contributed by atoms with E-state index in [9.17, 15) is 14.4 Å². The van der Waals surface area contributed by atoms with Crippen LogP contribution >= 0.6 is 0 Å². The molecule has 0 radical (unpaired) electrons. The van der Waals surface area contributed by atoms with E-state index >= 15 is 0 Å². The van der Waals surface area contributed by atoms with Crippen molar-refractivity contribution < 1.29 is 36.2 Å². The van der Waals surface area contributed by atoms with Gasteiger partial charge >= 0.3 is 0 Å². The smallest absolute Gasteiger partial charge is 0.215 e. The van der Waals surface area contributed by atoms with E-state index < -0.39 is 0 Å². The number of ketones is 3. The van der Waals surface area contributed by atoms with E-state index in [2.05, 4.69) is 71.6 Å². The Morgan fingerprint density at radius 2 is 0.879 bits per heavy atom. The number of furan rings is 3. The number of nitrogen functional groups attached to an aromatic ring is 3. The van der Waals surface area contributed by atoms with Crippen molar-refractivity contribution >= 4 is 52.3 Å². The fourth-order valence-electron chi connectivity index (χ4n) is 11.5. The van der Waals surface area contributed by atoms with Crippen LogP contribution in [0.4, 0.5) is 34.9 Å². The van der Waals surface area contributed by atoms with Crippen molar-refractivity contribution in [2.75, 3.05) is 97.3 Å². The number of aryl methyl sites for hydroxylation is 3. The van der Waals surface area contributed by atoms with Crippen molar-refractivity contribution in [3.63, 3.8) is 0 Å². The molecular weight excluding hydrogens is 1150 g/mol. The van der Waals surface area contributed by atoms with Crippen LogP contribution in [0.2, 0.25) is 0 Å². The molecule has 2 atom stereocenters. The lowest BCUT2D eigenvalue weighted by Gasteiger charge is -2.35. The van der Waals surface area contributed by atoms with Crippen LogP contribution in [0.3, 0.4) is 0 Å². The van der Waals surface area contributed by atoms with E-state index in [1.165, 1.54) is 5.56 Å². The van der Waals surface area contributed by atoms with Crippen LogP contribution in [0, 0.1) is 26.7 Å². The van der Waals surface area contributed by atoms with Gasteiger partial charge in [-0.2, -0.15) is 0 Å². The minimum atomic E-state index is -0.277. The van der Waals surface area contributed by atoms with Gasteiger partial charge in [-0.15, -0.1) is 0 Å². The van der Waals surface area contributed by atoms with Gasteiger partial charge in [-0.3, -0.25) is 14.4 Å². The summed E-state index contributed by atoms with van der Waals surface area (Å²) in [5.41, 5.74) is 23.1. The summed E-state index contributed by atoms with van der Waals surface area (Å²) in [7, 11) is 0. The van der Waals surface area contributed by atoms with E-state index in [1.807, 2.05) is 112 Å². The number of piperazine rings is 3. The second-order valence-corrected chi connectivity index (χ2v) is 23.1. The predicted molar refractivity (Wildman–Crippen MR) is 367 cm³/mol. The van der Waals surface area contributed by atoms with Gasteiger partial charge in [-0.25, -0.2) is 29.9 Å². The molecular formula is C70H87N15O6. The van der Waals surface area contributed by atoms with Gasteiger partial charge in [0.1, 0.15) is 86.6 Å². The summed E-state index contributed by atoms with van der Waals surface area (Å²) in [5, 5.41) is 10.5. The maximum Gasteiger partial charge on any atom is 0.215 e. The zero-order valence-electron chi connectivity index (χ0n) is 51.7. The molecule has 91 heavy (non-hydrogen) atoms. The zero-order valence-corrected chi connectivity index (χ0v) is 51.7. The van der Waals surface area contributed by atoms with Crippen LogP contribution in [0.5, 0.6) is 0 Å². The molecule has 21 nitrogen and oxygen atoms in total. The third-order valence-electron chi connectivity index (χ3n) is 16.0. The summed E-state index contributed by atoms with van der Waals surface area (Å²) >= 11 is 0. The number of carbonyl (C=O) groups excluding carboxylic acids is 3. The Hall–Kier alpha value is -10.3. The molecule has 1 unspecified atom stereocenters. The van der Waals surface area contributed by atoms with E-state index in [1.54, 1.807) is 55.0 Å². The molecule has 12 heterocycles. The summed E-state index contributed by atoms with van der Waals surface area (Å²) in [4.78, 5) is 73.4. The standard InChI is InChI=1S/C26H25N5O2.C24H29N5O2.C20H21N5O2.6H2/c1-17-9-11-22(33-17)19-10-12-23(30-24(19)25(32)20-8-5-13-29-26(20)27)31-15-14-28-21(16-31)18-6-3-2-4-7-18;1-15(2)13-17-14-29(12-11-26-17)21-9-7-18(20-8-6-16(3)31-20)22(28-21)23(30)19-5-4-10-27-24(19)25;1-13-4-6-16(27-13)14-5-7-17(25-11-9-22-10-12-25)24-18(14)19(26)15-3-2-8-23-20(15)21;;;;;;/h2-13,21,28H,14-16H2,1H3,(H2,27,29);4-10,15,17,26H,11-14H2,1-3H3,(H2,25,27);2-8,22H,9-12H2,1H3,(H2,21,23);6*1H/t;17-;;;;;;;/m.0......./s1. The van der Waals surface area contributed by atoms with Gasteiger partial charge in [-0.1, -0.05) is 44.2 Å². The number of nitrogens with two attached hydrogens (primary N) is 3. The number of nitrogens with zero attached hydrogens (tertiary/aromatic N) is 9. The van der Waals surface area contributed by atoms with Crippen LogP contribution in [-0.4, -0.2) is 119 Å². The highest BCUT2D eigenvalue weighted by Crippen LogP contribution is 2.34. The van der Waals surface area contributed by atoms with Gasteiger partial charge < -0.3 is 61.1 Å². The van der Waals surface area contributed by atoms with Crippen molar-refractivity contribution in [3.05, 3.63) is 215 Å². The van der Waals surface area contributed by atoms with E-state index in [-0.39, 0.29) is 49.4 Å². The van der Waals surface area contributed by atoms with Crippen molar-refractivity contribution in [2.45, 2.75) is 53.1 Å². The summed E-state index contributed by atoms with van der Waals surface area (Å²) in [6.07, 6.45) is 5.80. The molecule has 21 heteroatoms. The number of aromatic nitrogens is 6. The molecule has 13 rings (SSSR count). The van der Waals surface area contributed by atoms with Crippen LogP contribution in [0.15, 0.2) is 171 Å². The van der Waals surface area contributed by atoms with Gasteiger partial charge in [0.2, 0.25) is 17.3 Å². The Kier molecular flexibility index (Phi) is 19.5. The molecule has 0 saturated carbocycles. The van der Waals surface area contributed by atoms with Gasteiger partial charge in [0.05, 0.1) is 16.7 Å². The lowest BCUT2D eigenvalue weighted by atomic mass is 10.0. The second kappa shape index (κ2) is 28.4. The van der Waals surface area contributed by atoms with Gasteiger partial charge in [-0.05, 0) is 148 Å². The number of anilines is 6. The molecule has 0 aliphatic carbocycles. The highest BCUT2D eigenvalue weighted by molar-refractivity contribution is 6.15. The summed E-state index contributed by atoms with van der Waals surface area (Å²) < 4.78 is 17.4. The largest absolute Gasteiger partial charge is 0.461 e. The molecule has 0 spiro atoms. The number of hydrogen-bond acceptors (Lipinski definition) is 21. The van der Waals surface area contributed by atoms with E-state index in [0.717, 1.165) is 107 Å². The summed E-state index contributed by atoms with van der Waals surface area (Å²) in [5.74, 6) is 6.82. The fourth-order valence-corrected chi connectivity index (χ4v) is 11.5. The molecule has 3 saturated heterocycles. The fraction of sp³-hybridized carbons (Fsp3) is 0.271. The first-order valence-corrected chi connectivity index (χ1v) is 30.6. The van der Waals surface area contributed by atoms with Gasteiger partial charge in [0.15, 0.2) is 0 Å². The molecule has 0 bridgehead atoms. The number of rotatable bonds is 15.